The Hall–Kier alpha value is -1.14. The molecule has 0 amide bonds. The van der Waals surface area contributed by atoms with Crippen molar-refractivity contribution in [3.8, 4) is 0 Å². The van der Waals surface area contributed by atoms with Crippen LogP contribution in [0.4, 0.5) is 5.82 Å². The van der Waals surface area contributed by atoms with Gasteiger partial charge in [0.15, 0.2) is 5.82 Å². The molecular weight excluding hydrogens is 318 g/mol. The summed E-state index contributed by atoms with van der Waals surface area (Å²) in [5.41, 5.74) is 2.17. The molecule has 0 aliphatic carbocycles. The Labute approximate surface area is 127 Å². The Morgan fingerprint density at radius 2 is 2.10 bits per heavy atom. The van der Waals surface area contributed by atoms with E-state index < -0.39 is 0 Å². The standard InChI is InChI=1S/C14H20BrN5/c1-18-11-17-13-12(18)3-5-16-14(13)20-7-2-6-19(8-4-15)9-10-20/h3,5,11H,2,4,6-10H2,1H3. The van der Waals surface area contributed by atoms with Crippen LogP contribution in [0.25, 0.3) is 11.0 Å². The number of aromatic nitrogens is 3. The second-order valence-electron chi connectivity index (χ2n) is 5.23. The minimum Gasteiger partial charge on any atom is -0.353 e. The van der Waals surface area contributed by atoms with Gasteiger partial charge in [-0.15, -0.1) is 0 Å². The third-order valence-electron chi connectivity index (χ3n) is 3.91. The molecule has 0 N–H and O–H groups in total. The molecule has 0 radical (unpaired) electrons. The number of imidazole rings is 1. The first-order valence-corrected chi connectivity index (χ1v) is 8.21. The van der Waals surface area contributed by atoms with Gasteiger partial charge in [0.2, 0.25) is 0 Å². The maximum absolute atomic E-state index is 4.58. The summed E-state index contributed by atoms with van der Waals surface area (Å²) in [6.45, 7) is 5.46. The number of hydrogen-bond donors (Lipinski definition) is 0. The fourth-order valence-electron chi connectivity index (χ4n) is 2.81. The van der Waals surface area contributed by atoms with E-state index >= 15 is 0 Å². The van der Waals surface area contributed by atoms with Crippen molar-refractivity contribution >= 4 is 32.8 Å². The van der Waals surface area contributed by atoms with Gasteiger partial charge in [-0.25, -0.2) is 9.97 Å². The summed E-state index contributed by atoms with van der Waals surface area (Å²) in [6.07, 6.45) is 4.93. The predicted molar refractivity (Wildman–Crippen MR) is 85.6 cm³/mol. The van der Waals surface area contributed by atoms with Crippen molar-refractivity contribution in [2.45, 2.75) is 6.42 Å². The van der Waals surface area contributed by atoms with Gasteiger partial charge in [-0.1, -0.05) is 15.9 Å². The van der Waals surface area contributed by atoms with Crippen LogP contribution in [-0.4, -0.2) is 57.5 Å². The lowest BCUT2D eigenvalue weighted by molar-refractivity contribution is 0.313. The van der Waals surface area contributed by atoms with E-state index in [0.29, 0.717) is 0 Å². The van der Waals surface area contributed by atoms with E-state index in [0.717, 1.165) is 48.4 Å². The molecule has 0 aromatic carbocycles. The molecule has 108 valence electrons. The molecular formula is C14H20BrN5. The first-order chi connectivity index (χ1) is 9.79. The summed E-state index contributed by atoms with van der Waals surface area (Å²) >= 11 is 3.53. The Morgan fingerprint density at radius 3 is 2.95 bits per heavy atom. The van der Waals surface area contributed by atoms with Crippen molar-refractivity contribution in [3.05, 3.63) is 18.6 Å². The molecule has 1 aliphatic rings. The summed E-state index contributed by atoms with van der Waals surface area (Å²) in [5.74, 6) is 1.03. The van der Waals surface area contributed by atoms with Crippen LogP contribution in [0.2, 0.25) is 0 Å². The summed E-state index contributed by atoms with van der Waals surface area (Å²) in [6, 6.07) is 2.03. The molecule has 2 aromatic heterocycles. The second-order valence-corrected chi connectivity index (χ2v) is 6.02. The molecule has 0 spiro atoms. The van der Waals surface area contributed by atoms with Crippen molar-refractivity contribution in [1.29, 1.82) is 0 Å². The quantitative estimate of drug-likeness (QED) is 0.801. The zero-order valence-electron chi connectivity index (χ0n) is 11.8. The van der Waals surface area contributed by atoms with Crippen LogP contribution in [0.5, 0.6) is 0 Å². The van der Waals surface area contributed by atoms with E-state index in [1.165, 1.54) is 13.0 Å². The SMILES string of the molecule is Cn1cnc2c(N3CCCN(CCBr)CC3)nccc21. The molecule has 1 fully saturated rings. The predicted octanol–water partition coefficient (Wildman–Crippen LogP) is 1.88. The van der Waals surface area contributed by atoms with Gasteiger partial charge < -0.3 is 14.4 Å². The van der Waals surface area contributed by atoms with E-state index in [4.69, 9.17) is 0 Å². The number of fused-ring (bicyclic) bond motifs is 1. The molecule has 0 unspecified atom stereocenters. The Morgan fingerprint density at radius 1 is 1.20 bits per heavy atom. The van der Waals surface area contributed by atoms with Gasteiger partial charge in [0.25, 0.3) is 0 Å². The second kappa shape index (κ2) is 6.10. The molecule has 5 nitrogen and oxygen atoms in total. The van der Waals surface area contributed by atoms with E-state index in [1.807, 2.05) is 25.6 Å². The van der Waals surface area contributed by atoms with Crippen molar-refractivity contribution in [2.24, 2.45) is 7.05 Å². The van der Waals surface area contributed by atoms with Crippen LogP contribution in [-0.2, 0) is 7.05 Å². The number of nitrogens with zero attached hydrogens (tertiary/aromatic N) is 5. The number of alkyl halides is 1. The van der Waals surface area contributed by atoms with Crippen LogP contribution >= 0.6 is 15.9 Å². The minimum atomic E-state index is 1.02. The Balaban J connectivity index is 1.84. The van der Waals surface area contributed by atoms with E-state index in [2.05, 4.69) is 40.3 Å². The van der Waals surface area contributed by atoms with E-state index in [9.17, 15) is 0 Å². The van der Waals surface area contributed by atoms with Crippen LogP contribution < -0.4 is 4.90 Å². The third-order valence-corrected chi connectivity index (χ3v) is 4.27. The minimum absolute atomic E-state index is 1.02. The summed E-state index contributed by atoms with van der Waals surface area (Å²) in [4.78, 5) is 14.0. The maximum atomic E-state index is 4.58. The highest BCUT2D eigenvalue weighted by Crippen LogP contribution is 2.23. The van der Waals surface area contributed by atoms with Crippen molar-refractivity contribution < 1.29 is 0 Å². The first-order valence-electron chi connectivity index (χ1n) is 7.09. The first kappa shape index (κ1) is 13.8. The van der Waals surface area contributed by atoms with Crippen LogP contribution in [0.1, 0.15) is 6.42 Å². The van der Waals surface area contributed by atoms with Crippen LogP contribution in [0, 0.1) is 0 Å². The van der Waals surface area contributed by atoms with Crippen molar-refractivity contribution in [3.63, 3.8) is 0 Å². The van der Waals surface area contributed by atoms with Gasteiger partial charge in [0.05, 0.1) is 11.8 Å². The molecule has 1 saturated heterocycles. The number of halogens is 1. The monoisotopic (exact) mass is 337 g/mol. The lowest BCUT2D eigenvalue weighted by atomic mass is 10.3. The highest BCUT2D eigenvalue weighted by Gasteiger charge is 2.18. The molecule has 20 heavy (non-hydrogen) atoms. The Kier molecular flexibility index (Phi) is 4.21. The fraction of sp³-hybridized carbons (Fsp3) is 0.571. The Bertz CT molecular complexity index is 582. The molecule has 2 aromatic rings. The van der Waals surface area contributed by atoms with Crippen LogP contribution in [0.3, 0.4) is 0 Å². The number of hydrogen-bond acceptors (Lipinski definition) is 4. The van der Waals surface area contributed by atoms with Gasteiger partial charge in [0.1, 0.15) is 5.52 Å². The zero-order chi connectivity index (χ0) is 13.9. The lowest BCUT2D eigenvalue weighted by Gasteiger charge is -2.22. The highest BCUT2D eigenvalue weighted by molar-refractivity contribution is 9.09. The summed E-state index contributed by atoms with van der Waals surface area (Å²) < 4.78 is 2.05. The molecule has 1 aliphatic heterocycles. The lowest BCUT2D eigenvalue weighted by Crippen LogP contribution is -2.32. The molecule has 0 atom stereocenters. The average Bonchev–Trinajstić information content (AvgIpc) is 2.70. The summed E-state index contributed by atoms with van der Waals surface area (Å²) in [5, 5.41) is 1.04. The topological polar surface area (TPSA) is 37.2 Å². The molecule has 3 rings (SSSR count). The smallest absolute Gasteiger partial charge is 0.156 e. The third kappa shape index (κ3) is 2.67. The average molecular weight is 338 g/mol. The van der Waals surface area contributed by atoms with Gasteiger partial charge in [-0.3, -0.25) is 0 Å². The maximum Gasteiger partial charge on any atom is 0.156 e. The number of rotatable bonds is 3. The number of anilines is 1. The van der Waals surface area contributed by atoms with Gasteiger partial charge in [-0.2, -0.15) is 0 Å². The molecule has 0 bridgehead atoms. The van der Waals surface area contributed by atoms with Crippen molar-refractivity contribution in [2.75, 3.05) is 43.0 Å². The zero-order valence-corrected chi connectivity index (χ0v) is 13.4. The molecule has 3 heterocycles. The molecule has 0 saturated carbocycles. The summed E-state index contributed by atoms with van der Waals surface area (Å²) in [7, 11) is 2.03. The van der Waals surface area contributed by atoms with Gasteiger partial charge >= 0.3 is 0 Å². The van der Waals surface area contributed by atoms with Crippen LogP contribution in [0.15, 0.2) is 18.6 Å². The largest absolute Gasteiger partial charge is 0.353 e. The van der Waals surface area contributed by atoms with Gasteiger partial charge in [0, 0.05) is 44.8 Å². The number of aryl methyl sites for hydroxylation is 1. The highest BCUT2D eigenvalue weighted by atomic mass is 79.9. The van der Waals surface area contributed by atoms with Gasteiger partial charge in [-0.05, 0) is 19.0 Å². The van der Waals surface area contributed by atoms with E-state index in [1.54, 1.807) is 0 Å². The van der Waals surface area contributed by atoms with E-state index in [-0.39, 0.29) is 0 Å². The molecule has 6 heteroatoms. The number of pyridine rings is 1. The fourth-order valence-corrected chi connectivity index (χ4v) is 3.31. The normalized spacial score (nSPS) is 17.6. The van der Waals surface area contributed by atoms with Crippen molar-refractivity contribution in [1.82, 2.24) is 19.4 Å².